The third-order valence-corrected chi connectivity index (χ3v) is 4.96. The van der Waals surface area contributed by atoms with Gasteiger partial charge in [-0.05, 0) is 5.41 Å². The van der Waals surface area contributed by atoms with Gasteiger partial charge in [-0.3, -0.25) is 5.32 Å². The molecule has 2 atom stereocenters. The van der Waals surface area contributed by atoms with Crippen molar-refractivity contribution in [2.75, 3.05) is 18.5 Å². The smallest absolute Gasteiger partial charge is 0.156 e. The predicted molar refractivity (Wildman–Crippen MR) is 95.0 cm³/mol. The molecule has 0 fully saturated rings. The minimum atomic E-state index is 0.0945. The van der Waals surface area contributed by atoms with Crippen molar-refractivity contribution >= 4 is 0 Å². The number of nitrogens with zero attached hydrogens (tertiary/aromatic N) is 6. The van der Waals surface area contributed by atoms with E-state index in [4.69, 9.17) is 10.1 Å². The number of hydrogen-bond donors (Lipinski definition) is 2. The SMILES string of the molecule is CC(C)c1nc2n(n1)NCC(c1nc3n(n1)C(C(C)(C)C)NCC3)C2. The highest BCUT2D eigenvalue weighted by Crippen LogP contribution is 2.31. The first-order valence-electron chi connectivity index (χ1n) is 9.21. The van der Waals surface area contributed by atoms with Gasteiger partial charge >= 0.3 is 0 Å². The summed E-state index contributed by atoms with van der Waals surface area (Å²) in [5.74, 6) is 4.42. The maximum absolute atomic E-state index is 4.88. The Balaban J connectivity index is 1.60. The van der Waals surface area contributed by atoms with Crippen molar-refractivity contribution in [3.8, 4) is 0 Å². The van der Waals surface area contributed by atoms with Crippen LogP contribution in [0.3, 0.4) is 0 Å². The van der Waals surface area contributed by atoms with Crippen LogP contribution < -0.4 is 10.7 Å². The van der Waals surface area contributed by atoms with E-state index in [2.05, 4.69) is 60.1 Å². The third-order valence-electron chi connectivity index (χ3n) is 4.96. The van der Waals surface area contributed by atoms with E-state index >= 15 is 0 Å². The Hall–Kier alpha value is -1.96. The highest BCUT2D eigenvalue weighted by molar-refractivity contribution is 5.13. The molecule has 8 heteroatoms. The van der Waals surface area contributed by atoms with Crippen molar-refractivity contribution in [2.45, 2.75) is 65.5 Å². The maximum Gasteiger partial charge on any atom is 0.156 e. The molecule has 25 heavy (non-hydrogen) atoms. The van der Waals surface area contributed by atoms with E-state index in [-0.39, 0.29) is 17.5 Å². The zero-order valence-corrected chi connectivity index (χ0v) is 15.7. The molecule has 4 rings (SSSR count). The molecule has 136 valence electrons. The largest absolute Gasteiger partial charge is 0.307 e. The first-order valence-corrected chi connectivity index (χ1v) is 9.21. The van der Waals surface area contributed by atoms with Crippen molar-refractivity contribution in [3.63, 3.8) is 0 Å². The summed E-state index contributed by atoms with van der Waals surface area (Å²) in [7, 11) is 0. The van der Waals surface area contributed by atoms with Gasteiger partial charge in [-0.1, -0.05) is 34.6 Å². The Labute approximate surface area is 148 Å². The van der Waals surface area contributed by atoms with Crippen LogP contribution in [0.2, 0.25) is 0 Å². The highest BCUT2D eigenvalue weighted by Gasteiger charge is 2.34. The molecule has 2 N–H and O–H groups in total. The summed E-state index contributed by atoms with van der Waals surface area (Å²) >= 11 is 0. The van der Waals surface area contributed by atoms with Crippen LogP contribution in [0.15, 0.2) is 0 Å². The topological polar surface area (TPSA) is 85.5 Å². The number of rotatable bonds is 2. The Bertz CT molecular complexity index is 766. The Morgan fingerprint density at radius 3 is 2.64 bits per heavy atom. The van der Waals surface area contributed by atoms with Gasteiger partial charge in [-0.25, -0.2) is 14.6 Å². The average Bonchev–Trinajstić information content (AvgIpc) is 3.16. The molecule has 2 aliphatic heterocycles. The summed E-state index contributed by atoms with van der Waals surface area (Å²) in [6.07, 6.45) is 1.93. The average molecular weight is 344 g/mol. The van der Waals surface area contributed by atoms with E-state index in [1.165, 1.54) is 0 Å². The third kappa shape index (κ3) is 2.92. The second-order valence-electron chi connectivity index (χ2n) is 8.52. The Morgan fingerprint density at radius 2 is 1.92 bits per heavy atom. The molecule has 2 aromatic rings. The second-order valence-corrected chi connectivity index (χ2v) is 8.52. The minimum absolute atomic E-state index is 0.0945. The van der Waals surface area contributed by atoms with Gasteiger partial charge in [0.1, 0.15) is 12.0 Å². The molecule has 0 aliphatic carbocycles. The van der Waals surface area contributed by atoms with Gasteiger partial charge in [-0.15, -0.1) is 5.10 Å². The molecule has 8 nitrogen and oxygen atoms in total. The molecule has 0 radical (unpaired) electrons. The zero-order valence-electron chi connectivity index (χ0n) is 15.7. The van der Waals surface area contributed by atoms with Crippen LogP contribution in [0.1, 0.15) is 75.9 Å². The summed E-state index contributed by atoms with van der Waals surface area (Å²) in [6.45, 7) is 12.7. The highest BCUT2D eigenvalue weighted by atomic mass is 15.6. The molecule has 2 aliphatic rings. The summed E-state index contributed by atoms with van der Waals surface area (Å²) in [5.41, 5.74) is 3.44. The predicted octanol–water partition coefficient (Wildman–Crippen LogP) is 1.57. The normalized spacial score (nSPS) is 23.3. The monoisotopic (exact) mass is 344 g/mol. The molecular formula is C17H28N8. The van der Waals surface area contributed by atoms with E-state index in [0.29, 0.717) is 5.92 Å². The zero-order chi connectivity index (χ0) is 17.8. The van der Waals surface area contributed by atoms with Crippen LogP contribution in [0, 0.1) is 5.41 Å². The Morgan fingerprint density at radius 1 is 1.12 bits per heavy atom. The number of fused-ring (bicyclic) bond motifs is 2. The molecule has 4 heterocycles. The van der Waals surface area contributed by atoms with Gasteiger partial charge in [0.25, 0.3) is 0 Å². The van der Waals surface area contributed by atoms with E-state index in [9.17, 15) is 0 Å². The number of aromatic nitrogens is 6. The lowest BCUT2D eigenvalue weighted by molar-refractivity contribution is 0.162. The molecule has 2 unspecified atom stereocenters. The fourth-order valence-corrected chi connectivity index (χ4v) is 3.54. The van der Waals surface area contributed by atoms with Crippen molar-refractivity contribution < 1.29 is 0 Å². The van der Waals surface area contributed by atoms with Crippen LogP contribution in [0.5, 0.6) is 0 Å². The molecular weight excluding hydrogens is 316 g/mol. The van der Waals surface area contributed by atoms with Crippen LogP contribution in [-0.2, 0) is 12.8 Å². The molecule has 0 aromatic carbocycles. The van der Waals surface area contributed by atoms with Gasteiger partial charge in [-0.2, -0.15) is 9.89 Å². The molecule has 0 bridgehead atoms. The summed E-state index contributed by atoms with van der Waals surface area (Å²) < 4.78 is 2.09. The lowest BCUT2D eigenvalue weighted by Crippen LogP contribution is -2.43. The minimum Gasteiger partial charge on any atom is -0.307 e. The fraction of sp³-hybridized carbons (Fsp3) is 0.765. The summed E-state index contributed by atoms with van der Waals surface area (Å²) in [5, 5.41) is 13.0. The molecule has 2 aromatic heterocycles. The Kier molecular flexibility index (Phi) is 3.82. The van der Waals surface area contributed by atoms with E-state index in [1.54, 1.807) is 0 Å². The van der Waals surface area contributed by atoms with Crippen LogP contribution in [0.25, 0.3) is 0 Å². The van der Waals surface area contributed by atoms with E-state index in [0.717, 1.165) is 49.2 Å². The number of nitrogens with one attached hydrogen (secondary N) is 2. The first-order chi connectivity index (χ1) is 11.8. The quantitative estimate of drug-likeness (QED) is 0.860. The van der Waals surface area contributed by atoms with Crippen molar-refractivity contribution in [1.82, 2.24) is 35.0 Å². The van der Waals surface area contributed by atoms with Gasteiger partial charge < -0.3 is 5.43 Å². The van der Waals surface area contributed by atoms with Gasteiger partial charge in [0.05, 0.1) is 0 Å². The summed E-state index contributed by atoms with van der Waals surface area (Å²) in [6, 6.07) is 0. The number of hydrogen-bond acceptors (Lipinski definition) is 6. The van der Waals surface area contributed by atoms with Crippen molar-refractivity contribution in [1.29, 1.82) is 0 Å². The van der Waals surface area contributed by atoms with Gasteiger partial charge in [0.2, 0.25) is 0 Å². The van der Waals surface area contributed by atoms with Crippen LogP contribution in [0.4, 0.5) is 0 Å². The van der Waals surface area contributed by atoms with E-state index in [1.807, 2.05) is 4.79 Å². The summed E-state index contributed by atoms with van der Waals surface area (Å²) in [4.78, 5) is 11.4. The van der Waals surface area contributed by atoms with Crippen molar-refractivity contribution in [3.05, 3.63) is 23.3 Å². The molecule has 0 saturated carbocycles. The van der Waals surface area contributed by atoms with Crippen molar-refractivity contribution in [2.24, 2.45) is 5.41 Å². The molecule has 0 spiro atoms. The van der Waals surface area contributed by atoms with Gasteiger partial charge in [0.15, 0.2) is 17.5 Å². The standard InChI is InChI=1S/C17H28N8/c1-10(2)14-21-13-8-11(9-19-25(13)23-14)15-20-12-6-7-18-16(17(3,4)5)24(12)22-15/h10-11,16,18-19H,6-9H2,1-5H3. The lowest BCUT2D eigenvalue weighted by atomic mass is 9.91. The first kappa shape index (κ1) is 16.5. The molecule has 0 amide bonds. The van der Waals surface area contributed by atoms with Crippen LogP contribution in [-0.4, -0.2) is 42.7 Å². The fourth-order valence-electron chi connectivity index (χ4n) is 3.54. The lowest BCUT2D eigenvalue weighted by Gasteiger charge is -2.35. The maximum atomic E-state index is 4.88. The van der Waals surface area contributed by atoms with Gasteiger partial charge in [0, 0.05) is 37.8 Å². The second kappa shape index (κ2) is 5.79. The molecule has 0 saturated heterocycles. The van der Waals surface area contributed by atoms with Crippen LogP contribution >= 0.6 is 0 Å². The van der Waals surface area contributed by atoms with E-state index < -0.39 is 0 Å².